The third kappa shape index (κ3) is 3.02. The molecule has 1 aliphatic rings. The van der Waals surface area contributed by atoms with Gasteiger partial charge in [-0.25, -0.2) is 8.42 Å². The Morgan fingerprint density at radius 1 is 1.53 bits per heavy atom. The molecular weight excluding hydrogens is 278 g/mol. The standard InChI is InChI=1S/C11H16ClNO2S2/c12-6-5-10-3-1-7-13(9-10)17(14,15)11-4-2-8-16-11/h2,4,8,10H,1,3,5-7,9H2. The quantitative estimate of drug-likeness (QED) is 0.801. The Labute approximate surface area is 111 Å². The molecular formula is C11H16ClNO2S2. The van der Waals surface area contributed by atoms with Crippen LogP contribution < -0.4 is 0 Å². The molecule has 1 aliphatic heterocycles. The third-order valence-electron chi connectivity index (χ3n) is 3.09. The van der Waals surface area contributed by atoms with Gasteiger partial charge in [0.25, 0.3) is 10.0 Å². The molecule has 3 nitrogen and oxygen atoms in total. The molecule has 0 saturated carbocycles. The summed E-state index contributed by atoms with van der Waals surface area (Å²) in [6.07, 6.45) is 2.92. The molecule has 96 valence electrons. The van der Waals surface area contributed by atoms with Crippen molar-refractivity contribution in [2.45, 2.75) is 23.5 Å². The molecule has 0 bridgehead atoms. The lowest BCUT2D eigenvalue weighted by Gasteiger charge is -2.31. The van der Waals surface area contributed by atoms with Gasteiger partial charge in [-0.15, -0.1) is 22.9 Å². The summed E-state index contributed by atoms with van der Waals surface area (Å²) in [5.74, 6) is 1.02. The van der Waals surface area contributed by atoms with Gasteiger partial charge in [-0.3, -0.25) is 0 Å². The SMILES string of the molecule is O=S(=O)(c1cccs1)N1CCCC(CCCl)C1. The van der Waals surface area contributed by atoms with Crippen LogP contribution in [-0.2, 0) is 10.0 Å². The van der Waals surface area contributed by atoms with Crippen LogP contribution in [0.2, 0.25) is 0 Å². The van der Waals surface area contributed by atoms with Crippen molar-refractivity contribution in [2.75, 3.05) is 19.0 Å². The summed E-state index contributed by atoms with van der Waals surface area (Å²) in [7, 11) is -3.26. The van der Waals surface area contributed by atoms with Crippen molar-refractivity contribution in [3.63, 3.8) is 0 Å². The van der Waals surface area contributed by atoms with Crippen molar-refractivity contribution in [3.8, 4) is 0 Å². The van der Waals surface area contributed by atoms with E-state index < -0.39 is 10.0 Å². The summed E-state index contributed by atoms with van der Waals surface area (Å²) in [6.45, 7) is 1.26. The first-order valence-electron chi connectivity index (χ1n) is 5.74. The number of halogens is 1. The zero-order chi connectivity index (χ0) is 12.3. The molecule has 6 heteroatoms. The molecule has 1 aromatic heterocycles. The largest absolute Gasteiger partial charge is 0.252 e. The van der Waals surface area contributed by atoms with Crippen molar-refractivity contribution in [2.24, 2.45) is 5.92 Å². The zero-order valence-electron chi connectivity index (χ0n) is 9.51. The number of sulfonamides is 1. The first-order chi connectivity index (χ1) is 8.14. The highest BCUT2D eigenvalue weighted by Crippen LogP contribution is 2.27. The second-order valence-corrected chi connectivity index (χ2v) is 7.77. The molecule has 2 rings (SSSR count). The van der Waals surface area contributed by atoms with E-state index in [0.717, 1.165) is 19.3 Å². The highest BCUT2D eigenvalue weighted by Gasteiger charge is 2.30. The number of nitrogens with zero attached hydrogens (tertiary/aromatic N) is 1. The van der Waals surface area contributed by atoms with Crippen molar-refractivity contribution < 1.29 is 8.42 Å². The number of rotatable bonds is 4. The Morgan fingerprint density at radius 2 is 2.35 bits per heavy atom. The van der Waals surface area contributed by atoms with Crippen LogP contribution in [0, 0.1) is 5.92 Å². The smallest absolute Gasteiger partial charge is 0.206 e. The minimum Gasteiger partial charge on any atom is -0.206 e. The Hall–Kier alpha value is -0.100. The molecule has 1 aromatic rings. The monoisotopic (exact) mass is 293 g/mol. The molecule has 0 aromatic carbocycles. The fraction of sp³-hybridized carbons (Fsp3) is 0.636. The third-order valence-corrected chi connectivity index (χ3v) is 6.54. The molecule has 2 heterocycles. The average molecular weight is 294 g/mol. The van der Waals surface area contributed by atoms with Gasteiger partial charge in [0.2, 0.25) is 0 Å². The van der Waals surface area contributed by atoms with Crippen LogP contribution in [0.25, 0.3) is 0 Å². The molecule has 0 spiro atoms. The van der Waals surface area contributed by atoms with E-state index in [0.29, 0.717) is 29.1 Å². The van der Waals surface area contributed by atoms with Gasteiger partial charge in [0, 0.05) is 19.0 Å². The van der Waals surface area contributed by atoms with E-state index in [-0.39, 0.29) is 0 Å². The first kappa shape index (κ1) is 13.3. The normalized spacial score (nSPS) is 22.8. The van der Waals surface area contributed by atoms with Crippen LogP contribution in [0.15, 0.2) is 21.7 Å². The van der Waals surface area contributed by atoms with Crippen LogP contribution in [0.1, 0.15) is 19.3 Å². The van der Waals surface area contributed by atoms with Gasteiger partial charge >= 0.3 is 0 Å². The van der Waals surface area contributed by atoms with Gasteiger partial charge in [-0.05, 0) is 36.6 Å². The Kier molecular flexibility index (Phi) is 4.47. The predicted molar refractivity (Wildman–Crippen MR) is 71.1 cm³/mol. The summed E-state index contributed by atoms with van der Waals surface area (Å²) < 4.78 is 26.7. The van der Waals surface area contributed by atoms with Gasteiger partial charge in [0.05, 0.1) is 0 Å². The van der Waals surface area contributed by atoms with E-state index in [1.165, 1.54) is 11.3 Å². The lowest BCUT2D eigenvalue weighted by atomic mass is 9.97. The predicted octanol–water partition coefficient (Wildman–Crippen LogP) is 2.78. The molecule has 0 N–H and O–H groups in total. The van der Waals surface area contributed by atoms with Gasteiger partial charge in [-0.2, -0.15) is 4.31 Å². The van der Waals surface area contributed by atoms with Crippen LogP contribution >= 0.6 is 22.9 Å². The average Bonchev–Trinajstić information content (AvgIpc) is 2.84. The number of thiophene rings is 1. The summed E-state index contributed by atoms with van der Waals surface area (Å²) in [4.78, 5) is 0. The van der Waals surface area contributed by atoms with Gasteiger partial charge in [-0.1, -0.05) is 6.07 Å². The Bertz CT molecular complexity index is 442. The van der Waals surface area contributed by atoms with Crippen molar-refractivity contribution in [3.05, 3.63) is 17.5 Å². The van der Waals surface area contributed by atoms with Crippen molar-refractivity contribution >= 4 is 33.0 Å². The number of alkyl halides is 1. The summed E-state index contributed by atoms with van der Waals surface area (Å²) in [5.41, 5.74) is 0. The van der Waals surface area contributed by atoms with E-state index >= 15 is 0 Å². The van der Waals surface area contributed by atoms with E-state index in [4.69, 9.17) is 11.6 Å². The molecule has 0 radical (unpaired) electrons. The van der Waals surface area contributed by atoms with Gasteiger partial charge in [0.15, 0.2) is 0 Å². The maximum atomic E-state index is 12.3. The minimum absolute atomic E-state index is 0.413. The van der Waals surface area contributed by atoms with Crippen LogP contribution in [0.5, 0.6) is 0 Å². The molecule has 1 saturated heterocycles. The fourth-order valence-corrected chi connectivity index (χ4v) is 5.18. The fourth-order valence-electron chi connectivity index (χ4n) is 2.17. The second kappa shape index (κ2) is 5.69. The molecule has 17 heavy (non-hydrogen) atoms. The maximum Gasteiger partial charge on any atom is 0.252 e. The molecule has 0 amide bonds. The number of piperidine rings is 1. The lowest BCUT2D eigenvalue weighted by molar-refractivity contribution is 0.262. The molecule has 0 aliphatic carbocycles. The lowest BCUT2D eigenvalue weighted by Crippen LogP contribution is -2.39. The van der Waals surface area contributed by atoms with E-state index in [2.05, 4.69) is 0 Å². The van der Waals surface area contributed by atoms with Crippen LogP contribution in [-0.4, -0.2) is 31.7 Å². The van der Waals surface area contributed by atoms with Gasteiger partial charge < -0.3 is 0 Å². The Balaban J connectivity index is 2.12. The Morgan fingerprint density at radius 3 is 3.00 bits per heavy atom. The first-order valence-corrected chi connectivity index (χ1v) is 8.59. The highest BCUT2D eigenvalue weighted by molar-refractivity contribution is 7.91. The number of hydrogen-bond donors (Lipinski definition) is 0. The molecule has 1 unspecified atom stereocenters. The molecule has 1 fully saturated rings. The van der Waals surface area contributed by atoms with Crippen molar-refractivity contribution in [1.29, 1.82) is 0 Å². The maximum absolute atomic E-state index is 12.3. The second-order valence-electron chi connectivity index (χ2n) is 4.28. The zero-order valence-corrected chi connectivity index (χ0v) is 11.9. The van der Waals surface area contributed by atoms with Crippen LogP contribution in [0.4, 0.5) is 0 Å². The number of hydrogen-bond acceptors (Lipinski definition) is 3. The summed E-state index contributed by atoms with van der Waals surface area (Å²) in [6, 6.07) is 3.45. The summed E-state index contributed by atoms with van der Waals surface area (Å²) in [5, 5.41) is 1.80. The highest BCUT2D eigenvalue weighted by atomic mass is 35.5. The van der Waals surface area contributed by atoms with E-state index in [1.807, 2.05) is 0 Å². The topological polar surface area (TPSA) is 37.4 Å². The van der Waals surface area contributed by atoms with E-state index in [1.54, 1.807) is 21.8 Å². The molecule has 1 atom stereocenters. The van der Waals surface area contributed by atoms with Crippen LogP contribution in [0.3, 0.4) is 0 Å². The summed E-state index contributed by atoms with van der Waals surface area (Å²) >= 11 is 7.01. The van der Waals surface area contributed by atoms with Gasteiger partial charge in [0.1, 0.15) is 4.21 Å². The van der Waals surface area contributed by atoms with E-state index in [9.17, 15) is 8.42 Å². The minimum atomic E-state index is -3.26. The van der Waals surface area contributed by atoms with Crippen molar-refractivity contribution in [1.82, 2.24) is 4.31 Å².